The molecule has 0 radical (unpaired) electrons. The molecule has 1 heterocycles. The number of rotatable bonds is 4. The Morgan fingerprint density at radius 3 is 2.50 bits per heavy atom. The first kappa shape index (κ1) is 14.6. The van der Waals surface area contributed by atoms with E-state index >= 15 is 0 Å². The Balaban J connectivity index is 2.35. The Hall–Kier alpha value is -1.84. The summed E-state index contributed by atoms with van der Waals surface area (Å²) in [7, 11) is 0. The fourth-order valence-corrected chi connectivity index (χ4v) is 2.58. The van der Waals surface area contributed by atoms with E-state index in [-0.39, 0.29) is 24.4 Å². The van der Waals surface area contributed by atoms with Gasteiger partial charge in [0.15, 0.2) is 0 Å². The maximum absolute atomic E-state index is 12.3. The summed E-state index contributed by atoms with van der Waals surface area (Å²) < 4.78 is 0. The van der Waals surface area contributed by atoms with Crippen LogP contribution in [-0.2, 0) is 9.59 Å². The van der Waals surface area contributed by atoms with Gasteiger partial charge in [0.05, 0.1) is 11.4 Å². The number of carbonyl (C=O) groups is 2. The van der Waals surface area contributed by atoms with Crippen molar-refractivity contribution in [1.82, 2.24) is 0 Å². The third-order valence-corrected chi connectivity index (χ3v) is 3.56. The molecule has 0 N–H and O–H groups in total. The highest BCUT2D eigenvalue weighted by molar-refractivity contribution is 6.11. The summed E-state index contributed by atoms with van der Waals surface area (Å²) in [6.45, 7) is 6.19. The first-order chi connectivity index (χ1) is 9.56. The summed E-state index contributed by atoms with van der Waals surface area (Å²) in [5.74, 6) is 0.0274. The first-order valence-corrected chi connectivity index (χ1v) is 7.27. The van der Waals surface area contributed by atoms with Crippen LogP contribution in [0.3, 0.4) is 0 Å². The van der Waals surface area contributed by atoms with Gasteiger partial charge in [0.25, 0.3) is 0 Å². The molecular formula is C16H22N2O2. The zero-order valence-corrected chi connectivity index (χ0v) is 12.4. The second-order valence-electron chi connectivity index (χ2n) is 5.43. The molecule has 2 amide bonds. The third kappa shape index (κ3) is 2.69. The molecule has 1 aliphatic rings. The minimum Gasteiger partial charge on any atom is -0.306 e. The topological polar surface area (TPSA) is 40.6 Å². The lowest BCUT2D eigenvalue weighted by Gasteiger charge is -2.38. The van der Waals surface area contributed by atoms with Crippen molar-refractivity contribution in [3.8, 4) is 0 Å². The van der Waals surface area contributed by atoms with Gasteiger partial charge in [-0.1, -0.05) is 25.5 Å². The Kier molecular flexibility index (Phi) is 4.42. The zero-order valence-electron chi connectivity index (χ0n) is 12.4. The Bertz CT molecular complexity index is 511. The number of hydrogen-bond donors (Lipinski definition) is 0. The molecule has 0 atom stereocenters. The first-order valence-electron chi connectivity index (χ1n) is 7.27. The van der Waals surface area contributed by atoms with Gasteiger partial charge in [0.2, 0.25) is 11.8 Å². The van der Waals surface area contributed by atoms with Crippen molar-refractivity contribution in [2.75, 3.05) is 16.3 Å². The number of hydrogen-bond acceptors (Lipinski definition) is 2. The van der Waals surface area contributed by atoms with E-state index in [1.165, 1.54) is 0 Å². The van der Waals surface area contributed by atoms with Crippen LogP contribution >= 0.6 is 0 Å². The number of fused-ring (bicyclic) bond motifs is 1. The molecule has 0 fully saturated rings. The molecule has 0 spiro atoms. The fraction of sp³-hybridized carbons (Fsp3) is 0.500. The van der Waals surface area contributed by atoms with Crippen LogP contribution in [0.15, 0.2) is 24.3 Å². The van der Waals surface area contributed by atoms with Crippen molar-refractivity contribution in [2.45, 2.75) is 46.1 Å². The highest BCUT2D eigenvalue weighted by Gasteiger charge is 2.33. The van der Waals surface area contributed by atoms with Crippen molar-refractivity contribution in [3.05, 3.63) is 24.3 Å². The Labute approximate surface area is 120 Å². The molecule has 0 saturated heterocycles. The molecule has 0 unspecified atom stereocenters. The summed E-state index contributed by atoms with van der Waals surface area (Å²) in [6.07, 6.45) is 2.34. The van der Waals surface area contributed by atoms with Gasteiger partial charge >= 0.3 is 0 Å². The highest BCUT2D eigenvalue weighted by atomic mass is 16.2. The summed E-state index contributed by atoms with van der Waals surface area (Å²) >= 11 is 0. The monoisotopic (exact) mass is 274 g/mol. The van der Waals surface area contributed by atoms with Gasteiger partial charge < -0.3 is 9.80 Å². The van der Waals surface area contributed by atoms with E-state index in [2.05, 4.69) is 6.92 Å². The standard InChI is InChI=1S/C16H22N2O2/c1-4-5-10-15(19)17-11-16(20)18(12(2)3)14-9-7-6-8-13(14)17/h6-9,12H,4-5,10-11H2,1-3H3. The predicted molar refractivity (Wildman–Crippen MR) is 80.9 cm³/mol. The lowest BCUT2D eigenvalue weighted by atomic mass is 10.1. The van der Waals surface area contributed by atoms with Gasteiger partial charge in [-0.2, -0.15) is 0 Å². The van der Waals surface area contributed by atoms with Gasteiger partial charge in [0, 0.05) is 12.5 Å². The van der Waals surface area contributed by atoms with Crippen molar-refractivity contribution in [3.63, 3.8) is 0 Å². The van der Waals surface area contributed by atoms with E-state index in [1.807, 2.05) is 38.1 Å². The average molecular weight is 274 g/mol. The molecule has 0 saturated carbocycles. The Morgan fingerprint density at radius 2 is 1.90 bits per heavy atom. The number of para-hydroxylation sites is 2. The molecule has 0 aliphatic carbocycles. The molecule has 1 aromatic carbocycles. The summed E-state index contributed by atoms with van der Waals surface area (Å²) in [5, 5.41) is 0. The molecule has 108 valence electrons. The van der Waals surface area contributed by atoms with Crippen LogP contribution < -0.4 is 9.80 Å². The van der Waals surface area contributed by atoms with Crippen LogP contribution in [0.2, 0.25) is 0 Å². The minimum atomic E-state index is -0.0106. The van der Waals surface area contributed by atoms with Crippen LogP contribution in [0.25, 0.3) is 0 Å². The second kappa shape index (κ2) is 6.07. The third-order valence-electron chi connectivity index (χ3n) is 3.56. The number of unbranched alkanes of at least 4 members (excludes halogenated alkanes) is 1. The minimum absolute atomic E-state index is 0.0106. The molecule has 1 aliphatic heterocycles. The summed E-state index contributed by atoms with van der Waals surface area (Å²) in [4.78, 5) is 28.0. The fourth-order valence-electron chi connectivity index (χ4n) is 2.58. The molecular weight excluding hydrogens is 252 g/mol. The number of amides is 2. The van der Waals surface area contributed by atoms with Gasteiger partial charge in [0.1, 0.15) is 6.54 Å². The van der Waals surface area contributed by atoms with Crippen molar-refractivity contribution >= 4 is 23.2 Å². The van der Waals surface area contributed by atoms with Crippen LogP contribution in [0.1, 0.15) is 40.0 Å². The van der Waals surface area contributed by atoms with Crippen LogP contribution in [0.5, 0.6) is 0 Å². The zero-order chi connectivity index (χ0) is 14.7. The van der Waals surface area contributed by atoms with Crippen LogP contribution in [0, 0.1) is 0 Å². The maximum atomic E-state index is 12.3. The second-order valence-corrected chi connectivity index (χ2v) is 5.43. The number of nitrogens with zero attached hydrogens (tertiary/aromatic N) is 2. The van der Waals surface area contributed by atoms with Crippen LogP contribution in [0.4, 0.5) is 11.4 Å². The van der Waals surface area contributed by atoms with Crippen LogP contribution in [-0.4, -0.2) is 24.4 Å². The van der Waals surface area contributed by atoms with E-state index in [4.69, 9.17) is 0 Å². The Morgan fingerprint density at radius 1 is 1.25 bits per heavy atom. The molecule has 1 aromatic rings. The maximum Gasteiger partial charge on any atom is 0.247 e. The molecule has 2 rings (SSSR count). The van der Waals surface area contributed by atoms with Gasteiger partial charge in [-0.25, -0.2) is 0 Å². The summed E-state index contributed by atoms with van der Waals surface area (Å²) in [5.41, 5.74) is 1.69. The lowest BCUT2D eigenvalue weighted by molar-refractivity contribution is -0.123. The number of carbonyl (C=O) groups excluding carboxylic acids is 2. The van der Waals surface area contributed by atoms with E-state index in [0.717, 1.165) is 24.2 Å². The smallest absolute Gasteiger partial charge is 0.247 e. The van der Waals surface area contributed by atoms with Gasteiger partial charge in [-0.3, -0.25) is 9.59 Å². The number of benzene rings is 1. The molecule has 20 heavy (non-hydrogen) atoms. The van der Waals surface area contributed by atoms with E-state index in [9.17, 15) is 9.59 Å². The quantitative estimate of drug-likeness (QED) is 0.847. The predicted octanol–water partition coefficient (Wildman–Crippen LogP) is 2.96. The summed E-state index contributed by atoms with van der Waals surface area (Å²) in [6, 6.07) is 7.74. The van der Waals surface area contributed by atoms with Crippen molar-refractivity contribution in [1.29, 1.82) is 0 Å². The number of anilines is 2. The molecule has 4 nitrogen and oxygen atoms in total. The molecule has 0 bridgehead atoms. The lowest BCUT2D eigenvalue weighted by Crippen LogP contribution is -2.50. The normalized spacial score (nSPS) is 14.7. The van der Waals surface area contributed by atoms with E-state index in [0.29, 0.717) is 6.42 Å². The van der Waals surface area contributed by atoms with E-state index in [1.54, 1.807) is 9.80 Å². The van der Waals surface area contributed by atoms with Gasteiger partial charge in [-0.15, -0.1) is 0 Å². The molecule has 0 aromatic heterocycles. The largest absolute Gasteiger partial charge is 0.306 e. The average Bonchev–Trinajstić information content (AvgIpc) is 2.43. The van der Waals surface area contributed by atoms with Crippen molar-refractivity contribution in [2.24, 2.45) is 0 Å². The SMILES string of the molecule is CCCCC(=O)N1CC(=O)N(C(C)C)c2ccccc21. The van der Waals surface area contributed by atoms with Gasteiger partial charge in [-0.05, 0) is 32.4 Å². The van der Waals surface area contributed by atoms with Crippen molar-refractivity contribution < 1.29 is 9.59 Å². The molecule has 4 heteroatoms. The van der Waals surface area contributed by atoms with E-state index < -0.39 is 0 Å². The highest BCUT2D eigenvalue weighted by Crippen LogP contribution is 2.34.